The van der Waals surface area contributed by atoms with Gasteiger partial charge in [-0.2, -0.15) is 0 Å². The van der Waals surface area contributed by atoms with Crippen molar-refractivity contribution in [2.75, 3.05) is 0 Å². The molecule has 0 spiro atoms. The van der Waals surface area contributed by atoms with Gasteiger partial charge in [0.2, 0.25) is 0 Å². The van der Waals surface area contributed by atoms with Crippen molar-refractivity contribution < 1.29 is 19.0 Å². The Labute approximate surface area is 207 Å². The van der Waals surface area contributed by atoms with Crippen molar-refractivity contribution in [2.24, 2.45) is 11.8 Å². The summed E-state index contributed by atoms with van der Waals surface area (Å²) in [6, 6.07) is 30.5. The molecule has 0 aromatic heterocycles. The summed E-state index contributed by atoms with van der Waals surface area (Å²) in [7, 11) is 0. The molecule has 4 nitrogen and oxygen atoms in total. The predicted octanol–water partition coefficient (Wildman–Crippen LogP) is 5.91. The molecule has 1 saturated carbocycles. The summed E-state index contributed by atoms with van der Waals surface area (Å²) in [6.45, 7) is 1.42. The monoisotopic (exact) mass is 468 g/mol. The molecule has 0 heterocycles. The summed E-state index contributed by atoms with van der Waals surface area (Å²) in [5.74, 6) is -0.129. The zero-order valence-corrected chi connectivity index (χ0v) is 19.9. The number of aldehydes is 1. The summed E-state index contributed by atoms with van der Waals surface area (Å²) in [6.07, 6.45) is 4.24. The minimum atomic E-state index is -0.306. The Morgan fingerprint density at radius 1 is 0.657 bits per heavy atom. The molecule has 2 aliphatic carbocycles. The molecule has 180 valence electrons. The van der Waals surface area contributed by atoms with Gasteiger partial charge in [0.15, 0.2) is 0 Å². The molecule has 5 atom stereocenters. The van der Waals surface area contributed by atoms with Crippen LogP contribution in [0.15, 0.2) is 103 Å². The van der Waals surface area contributed by atoms with E-state index in [1.165, 1.54) is 0 Å². The van der Waals surface area contributed by atoms with Crippen LogP contribution in [0, 0.1) is 11.8 Å². The lowest BCUT2D eigenvalue weighted by Gasteiger charge is -2.30. The number of rotatable bonds is 10. The quantitative estimate of drug-likeness (QED) is 0.274. The van der Waals surface area contributed by atoms with Crippen LogP contribution in [0.4, 0.5) is 0 Å². The van der Waals surface area contributed by atoms with Gasteiger partial charge in [0.05, 0.1) is 25.9 Å². The van der Waals surface area contributed by atoms with Gasteiger partial charge in [0, 0.05) is 11.8 Å². The summed E-state index contributed by atoms with van der Waals surface area (Å²) >= 11 is 0. The fraction of sp³-hybridized carbons (Fsp3) is 0.323. The molecule has 35 heavy (non-hydrogen) atoms. The second kappa shape index (κ2) is 11.6. The van der Waals surface area contributed by atoms with Crippen LogP contribution in [0.3, 0.4) is 0 Å². The topological polar surface area (TPSA) is 44.8 Å². The number of fused-ring (bicyclic) bond motifs is 1. The van der Waals surface area contributed by atoms with E-state index in [9.17, 15) is 4.79 Å². The molecule has 3 aromatic rings. The molecule has 0 N–H and O–H groups in total. The average Bonchev–Trinajstić information content (AvgIpc) is 3.23. The third kappa shape index (κ3) is 5.62. The fourth-order valence-electron chi connectivity index (χ4n) is 5.33. The van der Waals surface area contributed by atoms with Crippen molar-refractivity contribution in [3.8, 4) is 0 Å². The predicted molar refractivity (Wildman–Crippen MR) is 135 cm³/mol. The van der Waals surface area contributed by atoms with Crippen LogP contribution in [0.1, 0.15) is 29.5 Å². The maximum atomic E-state index is 12.1. The Hall–Kier alpha value is -3.05. The largest absolute Gasteiger partial charge is 0.370 e. The van der Waals surface area contributed by atoms with Gasteiger partial charge in [0.25, 0.3) is 0 Å². The van der Waals surface area contributed by atoms with Crippen LogP contribution in [0.2, 0.25) is 0 Å². The van der Waals surface area contributed by atoms with Gasteiger partial charge in [-0.1, -0.05) is 97.1 Å². The van der Waals surface area contributed by atoms with Gasteiger partial charge >= 0.3 is 0 Å². The lowest BCUT2D eigenvalue weighted by atomic mass is 9.79. The first kappa shape index (κ1) is 23.7. The Morgan fingerprint density at radius 3 is 1.66 bits per heavy atom. The second-order valence-electron chi connectivity index (χ2n) is 9.35. The average molecular weight is 469 g/mol. The maximum absolute atomic E-state index is 12.1. The van der Waals surface area contributed by atoms with E-state index in [4.69, 9.17) is 14.2 Å². The van der Waals surface area contributed by atoms with Crippen LogP contribution >= 0.6 is 0 Å². The lowest BCUT2D eigenvalue weighted by Crippen LogP contribution is -2.38. The number of hydrogen-bond donors (Lipinski definition) is 0. The summed E-state index contributed by atoms with van der Waals surface area (Å²) < 4.78 is 19.7. The molecule has 0 bridgehead atoms. The molecule has 0 saturated heterocycles. The van der Waals surface area contributed by atoms with E-state index < -0.39 is 0 Å². The molecular formula is C31H32O4. The third-order valence-corrected chi connectivity index (χ3v) is 7.05. The Balaban J connectivity index is 1.42. The number of carbonyl (C=O) groups excluding carboxylic acids is 1. The highest BCUT2D eigenvalue weighted by molar-refractivity contribution is 5.57. The van der Waals surface area contributed by atoms with Crippen molar-refractivity contribution in [3.63, 3.8) is 0 Å². The Morgan fingerprint density at radius 2 is 1.14 bits per heavy atom. The van der Waals surface area contributed by atoms with Crippen molar-refractivity contribution in [3.05, 3.63) is 119 Å². The standard InChI is InChI=1S/C31H32O4/c32-19-26-17-10-18-27-28(26)30(34-21-24-13-6-2-7-14-24)31(35-22-25-15-8-3-9-16-25)29(27)33-20-23-11-4-1-5-12-23/h1-9,11-16,18-19,26,28-31H,10,17,20-22H2/t26-,28+,29-,30+,31-/m0/s1. The van der Waals surface area contributed by atoms with Crippen LogP contribution in [-0.2, 0) is 38.8 Å². The molecule has 3 aromatic carbocycles. The lowest BCUT2D eigenvalue weighted by molar-refractivity contribution is -0.132. The first-order valence-electron chi connectivity index (χ1n) is 12.5. The van der Waals surface area contributed by atoms with Crippen molar-refractivity contribution >= 4 is 6.29 Å². The van der Waals surface area contributed by atoms with Crippen LogP contribution in [-0.4, -0.2) is 24.6 Å². The van der Waals surface area contributed by atoms with Gasteiger partial charge in [-0.25, -0.2) is 0 Å². The number of allylic oxidation sites excluding steroid dienone is 1. The van der Waals surface area contributed by atoms with E-state index in [1.54, 1.807) is 0 Å². The van der Waals surface area contributed by atoms with Gasteiger partial charge in [-0.15, -0.1) is 0 Å². The van der Waals surface area contributed by atoms with Crippen LogP contribution in [0.25, 0.3) is 0 Å². The van der Waals surface area contributed by atoms with Gasteiger partial charge in [0.1, 0.15) is 18.5 Å². The van der Waals surface area contributed by atoms with Crippen molar-refractivity contribution in [2.45, 2.75) is 51.0 Å². The fourth-order valence-corrected chi connectivity index (χ4v) is 5.33. The first-order chi connectivity index (χ1) is 17.3. The molecule has 1 fully saturated rings. The molecule has 4 heteroatoms. The zero-order valence-electron chi connectivity index (χ0n) is 19.9. The summed E-state index contributed by atoms with van der Waals surface area (Å²) in [5.41, 5.74) is 4.47. The van der Waals surface area contributed by atoms with Crippen molar-refractivity contribution in [1.82, 2.24) is 0 Å². The highest BCUT2D eigenvalue weighted by Crippen LogP contribution is 2.46. The highest BCUT2D eigenvalue weighted by Gasteiger charge is 2.52. The van der Waals surface area contributed by atoms with Gasteiger partial charge in [-0.3, -0.25) is 0 Å². The number of benzene rings is 3. The first-order valence-corrected chi connectivity index (χ1v) is 12.5. The smallest absolute Gasteiger partial charge is 0.123 e. The summed E-state index contributed by atoms with van der Waals surface area (Å²) in [4.78, 5) is 12.1. The van der Waals surface area contributed by atoms with E-state index >= 15 is 0 Å². The number of ether oxygens (including phenoxy) is 3. The minimum Gasteiger partial charge on any atom is -0.370 e. The number of hydrogen-bond acceptors (Lipinski definition) is 4. The van der Waals surface area contributed by atoms with E-state index in [1.807, 2.05) is 54.6 Å². The number of carbonyl (C=O) groups is 1. The van der Waals surface area contributed by atoms with Crippen LogP contribution in [0.5, 0.6) is 0 Å². The second-order valence-corrected chi connectivity index (χ2v) is 9.35. The molecule has 0 aliphatic heterocycles. The van der Waals surface area contributed by atoms with E-state index in [0.29, 0.717) is 19.8 Å². The summed E-state index contributed by atoms with van der Waals surface area (Å²) in [5, 5.41) is 0. The van der Waals surface area contributed by atoms with Crippen molar-refractivity contribution in [1.29, 1.82) is 0 Å². The van der Waals surface area contributed by atoms with Crippen LogP contribution < -0.4 is 0 Å². The third-order valence-electron chi connectivity index (χ3n) is 7.05. The molecule has 2 aliphatic rings. The minimum absolute atomic E-state index is 0.0356. The SMILES string of the molecule is O=C[C@@H]1CCC=C2[C@@H]1[C@@H](OCc1ccccc1)[C@@H](OCc1ccccc1)[C@H]2OCc1ccccc1. The Bertz CT molecular complexity index is 1100. The van der Waals surface area contributed by atoms with Gasteiger partial charge < -0.3 is 19.0 Å². The normalized spacial score (nSPS) is 25.6. The maximum Gasteiger partial charge on any atom is 0.123 e. The zero-order chi connectivity index (χ0) is 23.9. The van der Waals surface area contributed by atoms with E-state index in [0.717, 1.165) is 41.4 Å². The Kier molecular flexibility index (Phi) is 7.84. The molecule has 0 unspecified atom stereocenters. The van der Waals surface area contributed by atoms with E-state index in [2.05, 4.69) is 42.5 Å². The highest BCUT2D eigenvalue weighted by atomic mass is 16.6. The molecular weight excluding hydrogens is 436 g/mol. The van der Waals surface area contributed by atoms with E-state index in [-0.39, 0.29) is 30.1 Å². The van der Waals surface area contributed by atoms with Gasteiger partial charge in [-0.05, 0) is 35.1 Å². The molecule has 0 radical (unpaired) electrons. The molecule has 0 amide bonds. The molecule has 5 rings (SSSR count).